The normalized spacial score (nSPS) is 21.0. The highest BCUT2D eigenvalue weighted by molar-refractivity contribution is 5.82. The summed E-state index contributed by atoms with van der Waals surface area (Å²) in [5.41, 5.74) is 0.644. The van der Waals surface area contributed by atoms with Crippen LogP contribution in [0.5, 0.6) is 0 Å². The number of hydrogen-bond acceptors (Lipinski definition) is 3. The molecule has 98 valence electrons. The third-order valence-corrected chi connectivity index (χ3v) is 3.37. The maximum absolute atomic E-state index is 12.3. The van der Waals surface area contributed by atoms with E-state index < -0.39 is 6.10 Å². The minimum Gasteiger partial charge on any atom is -0.383 e. The molecular formula is C14H19NO3. The van der Waals surface area contributed by atoms with Gasteiger partial charge in [-0.25, -0.2) is 0 Å². The monoisotopic (exact) mass is 249 g/mol. The topological polar surface area (TPSA) is 49.8 Å². The fraction of sp³-hybridized carbons (Fsp3) is 0.500. The summed E-state index contributed by atoms with van der Waals surface area (Å²) in [6.45, 7) is 1.24. The molecule has 2 atom stereocenters. The predicted octanol–water partition coefficient (Wildman–Crippen LogP) is 1.36. The smallest absolute Gasteiger partial charge is 0.256 e. The third-order valence-electron chi connectivity index (χ3n) is 3.37. The van der Waals surface area contributed by atoms with Crippen LogP contribution >= 0.6 is 0 Å². The Kier molecular flexibility index (Phi) is 4.33. The van der Waals surface area contributed by atoms with Gasteiger partial charge in [-0.15, -0.1) is 0 Å². The lowest BCUT2D eigenvalue weighted by Gasteiger charge is -2.26. The maximum Gasteiger partial charge on any atom is 0.256 e. The first-order valence-electron chi connectivity index (χ1n) is 6.26. The van der Waals surface area contributed by atoms with Crippen molar-refractivity contribution in [3.8, 4) is 0 Å². The van der Waals surface area contributed by atoms with E-state index in [1.807, 2.05) is 18.2 Å². The first-order chi connectivity index (χ1) is 8.74. The van der Waals surface area contributed by atoms with Crippen LogP contribution in [0.15, 0.2) is 30.3 Å². The Balaban J connectivity index is 2.06. The third kappa shape index (κ3) is 2.71. The largest absolute Gasteiger partial charge is 0.383 e. The van der Waals surface area contributed by atoms with Gasteiger partial charge in [0.05, 0.1) is 12.6 Å². The molecule has 0 bridgehead atoms. The zero-order chi connectivity index (χ0) is 13.0. The molecule has 1 saturated heterocycles. The van der Waals surface area contributed by atoms with Crippen molar-refractivity contribution in [1.82, 2.24) is 4.90 Å². The van der Waals surface area contributed by atoms with Gasteiger partial charge in [-0.2, -0.15) is 0 Å². The lowest BCUT2D eigenvalue weighted by molar-refractivity contribution is -0.142. The molecule has 0 aromatic heterocycles. The molecule has 1 heterocycles. The molecule has 18 heavy (non-hydrogen) atoms. The van der Waals surface area contributed by atoms with Crippen LogP contribution in [0.1, 0.15) is 24.5 Å². The predicted molar refractivity (Wildman–Crippen MR) is 68.0 cm³/mol. The maximum atomic E-state index is 12.3. The first-order valence-corrected chi connectivity index (χ1v) is 6.26. The number of rotatable bonds is 4. The van der Waals surface area contributed by atoms with Gasteiger partial charge in [0.15, 0.2) is 6.10 Å². The molecule has 0 spiro atoms. The van der Waals surface area contributed by atoms with E-state index in [1.54, 1.807) is 24.1 Å². The lowest BCUT2D eigenvalue weighted by Crippen LogP contribution is -2.40. The van der Waals surface area contributed by atoms with E-state index in [2.05, 4.69) is 0 Å². The molecule has 0 saturated carbocycles. The number of aliphatic hydroxyl groups is 1. The summed E-state index contributed by atoms with van der Waals surface area (Å²) in [6, 6.07) is 9.14. The molecular weight excluding hydrogens is 230 g/mol. The zero-order valence-electron chi connectivity index (χ0n) is 10.6. The van der Waals surface area contributed by atoms with Gasteiger partial charge in [0, 0.05) is 13.7 Å². The molecule has 1 aliphatic heterocycles. The summed E-state index contributed by atoms with van der Waals surface area (Å²) in [5.74, 6) is -0.222. The zero-order valence-corrected chi connectivity index (χ0v) is 10.6. The number of likely N-dealkylation sites (tertiary alicyclic amines) is 1. The number of benzene rings is 1. The second-order valence-corrected chi connectivity index (χ2v) is 4.60. The Morgan fingerprint density at radius 2 is 2.22 bits per heavy atom. The van der Waals surface area contributed by atoms with Crippen molar-refractivity contribution in [3.05, 3.63) is 35.9 Å². The molecule has 1 N–H and O–H groups in total. The Hall–Kier alpha value is -1.39. The van der Waals surface area contributed by atoms with E-state index in [9.17, 15) is 9.90 Å². The van der Waals surface area contributed by atoms with Gasteiger partial charge in [0.2, 0.25) is 0 Å². The van der Waals surface area contributed by atoms with Gasteiger partial charge >= 0.3 is 0 Å². The van der Waals surface area contributed by atoms with Gasteiger partial charge in [0.25, 0.3) is 5.91 Å². The van der Waals surface area contributed by atoms with Crippen molar-refractivity contribution in [2.75, 3.05) is 20.3 Å². The molecule has 1 aromatic rings. The van der Waals surface area contributed by atoms with Crippen LogP contribution < -0.4 is 0 Å². The van der Waals surface area contributed by atoms with Crippen molar-refractivity contribution in [3.63, 3.8) is 0 Å². The van der Waals surface area contributed by atoms with Gasteiger partial charge in [-0.3, -0.25) is 4.79 Å². The van der Waals surface area contributed by atoms with E-state index in [-0.39, 0.29) is 11.9 Å². The van der Waals surface area contributed by atoms with Crippen LogP contribution in [0.4, 0.5) is 0 Å². The van der Waals surface area contributed by atoms with E-state index in [0.717, 1.165) is 12.8 Å². The number of ether oxygens (including phenoxy) is 1. The Morgan fingerprint density at radius 1 is 1.50 bits per heavy atom. The van der Waals surface area contributed by atoms with E-state index in [4.69, 9.17) is 4.74 Å². The lowest BCUT2D eigenvalue weighted by atomic mass is 10.1. The molecule has 1 aliphatic rings. The highest BCUT2D eigenvalue weighted by Gasteiger charge is 2.32. The Bertz CT molecular complexity index is 393. The summed E-state index contributed by atoms with van der Waals surface area (Å²) < 4.78 is 5.12. The minimum absolute atomic E-state index is 0.0980. The quantitative estimate of drug-likeness (QED) is 0.876. The van der Waals surface area contributed by atoms with Crippen molar-refractivity contribution in [2.24, 2.45) is 0 Å². The number of carbonyl (C=O) groups is 1. The minimum atomic E-state index is -1.07. The van der Waals surface area contributed by atoms with Crippen LogP contribution in [-0.2, 0) is 9.53 Å². The SMILES string of the molecule is COC[C@@H]1CCCN1C(=O)[C@H](O)c1ccccc1. The number of nitrogens with zero attached hydrogens (tertiary/aromatic N) is 1. The van der Waals surface area contributed by atoms with Gasteiger partial charge < -0.3 is 14.7 Å². The summed E-state index contributed by atoms with van der Waals surface area (Å²) in [5, 5.41) is 10.1. The molecule has 4 nitrogen and oxygen atoms in total. The summed E-state index contributed by atoms with van der Waals surface area (Å²) in [7, 11) is 1.63. The molecule has 0 aliphatic carbocycles. The average Bonchev–Trinajstić information content (AvgIpc) is 2.87. The van der Waals surface area contributed by atoms with E-state index in [0.29, 0.717) is 18.7 Å². The highest BCUT2D eigenvalue weighted by atomic mass is 16.5. The van der Waals surface area contributed by atoms with Gasteiger partial charge in [0.1, 0.15) is 0 Å². The van der Waals surface area contributed by atoms with Crippen LogP contribution in [0.3, 0.4) is 0 Å². The number of amides is 1. The second-order valence-electron chi connectivity index (χ2n) is 4.60. The molecule has 1 fully saturated rings. The second kappa shape index (κ2) is 5.98. The van der Waals surface area contributed by atoms with Crippen molar-refractivity contribution >= 4 is 5.91 Å². The number of carbonyl (C=O) groups excluding carboxylic acids is 1. The van der Waals surface area contributed by atoms with Crippen LogP contribution in [-0.4, -0.2) is 42.2 Å². The number of hydrogen-bond donors (Lipinski definition) is 1. The number of aliphatic hydroxyl groups excluding tert-OH is 1. The van der Waals surface area contributed by atoms with Crippen molar-refractivity contribution in [1.29, 1.82) is 0 Å². The molecule has 4 heteroatoms. The van der Waals surface area contributed by atoms with E-state index in [1.165, 1.54) is 0 Å². The van der Waals surface area contributed by atoms with Crippen LogP contribution in [0.25, 0.3) is 0 Å². The summed E-state index contributed by atoms with van der Waals surface area (Å²) >= 11 is 0. The fourth-order valence-electron chi connectivity index (χ4n) is 2.43. The summed E-state index contributed by atoms with van der Waals surface area (Å²) in [4.78, 5) is 14.0. The van der Waals surface area contributed by atoms with Gasteiger partial charge in [-0.05, 0) is 18.4 Å². The molecule has 0 radical (unpaired) electrons. The van der Waals surface area contributed by atoms with Crippen LogP contribution in [0.2, 0.25) is 0 Å². The standard InChI is InChI=1S/C14H19NO3/c1-18-10-12-8-5-9-15(12)14(17)13(16)11-6-3-2-4-7-11/h2-4,6-7,12-13,16H,5,8-10H2,1H3/t12-,13+/m0/s1. The molecule has 1 aromatic carbocycles. The molecule has 0 unspecified atom stereocenters. The van der Waals surface area contributed by atoms with Gasteiger partial charge in [-0.1, -0.05) is 30.3 Å². The fourth-order valence-corrected chi connectivity index (χ4v) is 2.43. The molecule has 2 rings (SSSR count). The summed E-state index contributed by atoms with van der Waals surface area (Å²) in [6.07, 6.45) is 0.853. The Labute approximate surface area is 107 Å². The average molecular weight is 249 g/mol. The van der Waals surface area contributed by atoms with Crippen molar-refractivity contribution < 1.29 is 14.6 Å². The van der Waals surface area contributed by atoms with E-state index >= 15 is 0 Å². The highest BCUT2D eigenvalue weighted by Crippen LogP contribution is 2.23. The first kappa shape index (κ1) is 13.1. The van der Waals surface area contributed by atoms with Crippen molar-refractivity contribution in [2.45, 2.75) is 25.0 Å². The van der Waals surface area contributed by atoms with Crippen LogP contribution in [0, 0.1) is 0 Å². The number of methoxy groups -OCH3 is 1. The molecule has 1 amide bonds. The Morgan fingerprint density at radius 3 is 2.89 bits per heavy atom.